The monoisotopic (exact) mass is 457 g/mol. The number of anilines is 1. The summed E-state index contributed by atoms with van der Waals surface area (Å²) in [6.07, 6.45) is 1.72. The number of para-hydroxylation sites is 1. The lowest BCUT2D eigenvalue weighted by atomic mass is 10.2. The standard InChI is InChI=1S/C22H21F2N5O2S/c1-3-4-11-28-20(31)15-7-5-6-8-18(15)29-21(28)26-27-22(29)32-13(2)19(30)25-17-12-14(23)9-10-16(17)24/h5-10,12-13H,3-4,11H2,1-2H3,(H,25,30). The van der Waals surface area contributed by atoms with Crippen molar-refractivity contribution in [1.82, 2.24) is 19.2 Å². The highest BCUT2D eigenvalue weighted by Gasteiger charge is 2.22. The van der Waals surface area contributed by atoms with Crippen LogP contribution in [0, 0.1) is 11.6 Å². The third-order valence-electron chi connectivity index (χ3n) is 5.05. The van der Waals surface area contributed by atoms with Crippen molar-refractivity contribution in [3.63, 3.8) is 0 Å². The summed E-state index contributed by atoms with van der Waals surface area (Å²) in [4.78, 5) is 25.6. The van der Waals surface area contributed by atoms with Gasteiger partial charge in [-0.05, 0) is 37.6 Å². The van der Waals surface area contributed by atoms with Crippen LogP contribution in [0.1, 0.15) is 26.7 Å². The molecule has 2 aromatic carbocycles. The summed E-state index contributed by atoms with van der Waals surface area (Å²) in [6.45, 7) is 4.17. The Labute approximate surface area is 186 Å². The van der Waals surface area contributed by atoms with Gasteiger partial charge in [0.15, 0.2) is 5.16 Å². The Morgan fingerprint density at radius 3 is 2.75 bits per heavy atom. The minimum Gasteiger partial charge on any atom is -0.323 e. The van der Waals surface area contributed by atoms with E-state index < -0.39 is 22.8 Å². The zero-order valence-corrected chi connectivity index (χ0v) is 18.3. The van der Waals surface area contributed by atoms with E-state index in [0.29, 0.717) is 28.4 Å². The average Bonchev–Trinajstić information content (AvgIpc) is 3.19. The number of thioether (sulfide) groups is 1. The molecule has 0 saturated heterocycles. The van der Waals surface area contributed by atoms with E-state index in [2.05, 4.69) is 15.5 Å². The number of hydrogen-bond acceptors (Lipinski definition) is 5. The van der Waals surface area contributed by atoms with Gasteiger partial charge in [-0.15, -0.1) is 10.2 Å². The van der Waals surface area contributed by atoms with Gasteiger partial charge in [-0.2, -0.15) is 0 Å². The molecule has 1 atom stereocenters. The summed E-state index contributed by atoms with van der Waals surface area (Å²) in [6, 6.07) is 10.0. The molecule has 7 nitrogen and oxygen atoms in total. The molecule has 0 spiro atoms. The minimum atomic E-state index is -0.726. The van der Waals surface area contributed by atoms with Gasteiger partial charge in [0, 0.05) is 12.6 Å². The number of nitrogens with one attached hydrogen (secondary N) is 1. The first-order valence-electron chi connectivity index (χ1n) is 10.2. The number of carbonyl (C=O) groups excluding carboxylic acids is 1. The molecule has 0 bridgehead atoms. The number of aryl methyl sites for hydroxylation is 1. The van der Waals surface area contributed by atoms with Gasteiger partial charge in [0.05, 0.1) is 21.8 Å². The van der Waals surface area contributed by atoms with Gasteiger partial charge in [0.1, 0.15) is 11.6 Å². The van der Waals surface area contributed by atoms with Crippen LogP contribution >= 0.6 is 11.8 Å². The second-order valence-corrected chi connectivity index (χ2v) is 8.63. The predicted molar refractivity (Wildman–Crippen MR) is 120 cm³/mol. The summed E-state index contributed by atoms with van der Waals surface area (Å²) in [5.74, 6) is -1.49. The molecule has 10 heteroatoms. The molecule has 32 heavy (non-hydrogen) atoms. The van der Waals surface area contributed by atoms with Crippen molar-refractivity contribution in [1.29, 1.82) is 0 Å². The van der Waals surface area contributed by atoms with Crippen LogP contribution in [-0.2, 0) is 11.3 Å². The summed E-state index contributed by atoms with van der Waals surface area (Å²) in [7, 11) is 0. The maximum atomic E-state index is 13.9. The fourth-order valence-electron chi connectivity index (χ4n) is 3.37. The first-order valence-corrected chi connectivity index (χ1v) is 11.1. The van der Waals surface area contributed by atoms with Crippen LogP contribution in [0.3, 0.4) is 0 Å². The number of halogens is 2. The van der Waals surface area contributed by atoms with Crippen LogP contribution in [0.25, 0.3) is 16.7 Å². The third-order valence-corrected chi connectivity index (χ3v) is 6.09. The van der Waals surface area contributed by atoms with Crippen molar-refractivity contribution in [3.05, 3.63) is 64.5 Å². The van der Waals surface area contributed by atoms with E-state index in [9.17, 15) is 18.4 Å². The van der Waals surface area contributed by atoms with E-state index in [0.717, 1.165) is 42.8 Å². The lowest BCUT2D eigenvalue weighted by Crippen LogP contribution is -2.24. The number of hydrogen-bond donors (Lipinski definition) is 1. The molecule has 0 fully saturated rings. The zero-order valence-electron chi connectivity index (χ0n) is 17.5. The van der Waals surface area contributed by atoms with Gasteiger partial charge >= 0.3 is 0 Å². The summed E-state index contributed by atoms with van der Waals surface area (Å²) >= 11 is 1.12. The van der Waals surface area contributed by atoms with Crippen LogP contribution in [0.5, 0.6) is 0 Å². The summed E-state index contributed by atoms with van der Waals surface area (Å²) < 4.78 is 30.7. The second kappa shape index (κ2) is 9.07. The van der Waals surface area contributed by atoms with Gasteiger partial charge in [0.2, 0.25) is 11.7 Å². The quantitative estimate of drug-likeness (QED) is 0.420. The number of fused-ring (bicyclic) bond motifs is 3. The normalized spacial score (nSPS) is 12.4. The number of benzene rings is 2. The molecular weight excluding hydrogens is 436 g/mol. The summed E-state index contributed by atoms with van der Waals surface area (Å²) in [5.41, 5.74) is 0.266. The molecule has 2 aromatic heterocycles. The van der Waals surface area contributed by atoms with Crippen molar-refractivity contribution in [2.24, 2.45) is 0 Å². The number of rotatable bonds is 7. The molecule has 0 saturated carbocycles. The first-order chi connectivity index (χ1) is 15.4. The Kier molecular flexibility index (Phi) is 6.22. The Morgan fingerprint density at radius 1 is 1.19 bits per heavy atom. The van der Waals surface area contributed by atoms with Crippen LogP contribution in [0.2, 0.25) is 0 Å². The predicted octanol–water partition coefficient (Wildman–Crippen LogP) is 4.24. The zero-order chi connectivity index (χ0) is 22.8. The smallest absolute Gasteiger partial charge is 0.262 e. The molecule has 0 aliphatic carbocycles. The highest BCUT2D eigenvalue weighted by molar-refractivity contribution is 8.00. The van der Waals surface area contributed by atoms with Gasteiger partial charge in [-0.25, -0.2) is 8.78 Å². The fourth-order valence-corrected chi connectivity index (χ4v) is 4.22. The van der Waals surface area contributed by atoms with Gasteiger partial charge in [-0.1, -0.05) is 37.2 Å². The first kappa shape index (κ1) is 21.9. The van der Waals surface area contributed by atoms with E-state index in [-0.39, 0.29) is 11.2 Å². The Bertz CT molecular complexity index is 1370. The number of unbranched alkanes of at least 4 members (excludes halogenated alkanes) is 1. The molecular formula is C22H21F2N5O2S. The van der Waals surface area contributed by atoms with E-state index in [1.165, 1.54) is 0 Å². The fraction of sp³-hybridized carbons (Fsp3) is 0.273. The molecule has 0 radical (unpaired) electrons. The lowest BCUT2D eigenvalue weighted by Gasteiger charge is -2.13. The van der Waals surface area contributed by atoms with Crippen LogP contribution in [0.15, 0.2) is 52.4 Å². The number of carbonyl (C=O) groups is 1. The Hall–Kier alpha value is -3.27. The molecule has 1 amide bonds. The van der Waals surface area contributed by atoms with Crippen molar-refractivity contribution in [2.75, 3.05) is 5.32 Å². The second-order valence-electron chi connectivity index (χ2n) is 7.32. The molecule has 4 aromatic rings. The van der Waals surface area contributed by atoms with E-state index in [1.807, 2.05) is 13.0 Å². The molecule has 4 rings (SSSR count). The largest absolute Gasteiger partial charge is 0.323 e. The van der Waals surface area contributed by atoms with Crippen molar-refractivity contribution in [2.45, 2.75) is 43.6 Å². The third kappa shape index (κ3) is 4.10. The molecule has 0 aliphatic rings. The van der Waals surface area contributed by atoms with Crippen LogP contribution in [0.4, 0.5) is 14.5 Å². The van der Waals surface area contributed by atoms with E-state index in [1.54, 1.807) is 34.1 Å². The Balaban J connectivity index is 1.70. The van der Waals surface area contributed by atoms with Gasteiger partial charge < -0.3 is 5.32 Å². The van der Waals surface area contributed by atoms with E-state index in [4.69, 9.17) is 0 Å². The van der Waals surface area contributed by atoms with Gasteiger partial charge in [0.25, 0.3) is 5.56 Å². The van der Waals surface area contributed by atoms with Gasteiger partial charge in [-0.3, -0.25) is 18.6 Å². The highest BCUT2D eigenvalue weighted by atomic mass is 32.2. The minimum absolute atomic E-state index is 0.141. The number of nitrogens with zero attached hydrogens (tertiary/aromatic N) is 4. The average molecular weight is 458 g/mol. The number of aromatic nitrogens is 4. The number of amides is 1. The van der Waals surface area contributed by atoms with Crippen LogP contribution in [-0.4, -0.2) is 30.3 Å². The maximum absolute atomic E-state index is 13.9. The maximum Gasteiger partial charge on any atom is 0.262 e. The van der Waals surface area contributed by atoms with Crippen molar-refractivity contribution < 1.29 is 13.6 Å². The highest BCUT2D eigenvalue weighted by Crippen LogP contribution is 2.26. The van der Waals surface area contributed by atoms with E-state index >= 15 is 0 Å². The molecule has 166 valence electrons. The Morgan fingerprint density at radius 2 is 1.97 bits per heavy atom. The van der Waals surface area contributed by atoms with Crippen molar-refractivity contribution in [3.8, 4) is 0 Å². The lowest BCUT2D eigenvalue weighted by molar-refractivity contribution is -0.115. The van der Waals surface area contributed by atoms with Crippen LogP contribution < -0.4 is 10.9 Å². The van der Waals surface area contributed by atoms with Crippen molar-refractivity contribution >= 4 is 40.0 Å². The molecule has 1 N–H and O–H groups in total. The summed E-state index contributed by atoms with van der Waals surface area (Å²) in [5, 5.41) is 11.1. The molecule has 0 aliphatic heterocycles. The topological polar surface area (TPSA) is 81.3 Å². The SMILES string of the molecule is CCCCn1c(=O)c2ccccc2n2c(SC(C)C(=O)Nc3cc(F)ccc3F)nnc12. The molecule has 2 heterocycles. The molecule has 1 unspecified atom stereocenters.